The molecule has 20 heteroatoms. The van der Waals surface area contributed by atoms with Gasteiger partial charge in [-0.25, -0.2) is 23.0 Å². The second kappa shape index (κ2) is 12.2. The highest BCUT2D eigenvalue weighted by molar-refractivity contribution is 8.01. The van der Waals surface area contributed by atoms with Crippen LogP contribution in [0.3, 0.4) is 0 Å². The molecular formula is C17H22F3N7O6S4. The Balaban J connectivity index is 1.81. The standard InChI is InChI=1S/C17H22F3N7O6S4/c1-2-4-21-37(32,33)5-3-9(36-16-23-25-26-24-16)8-6-34-14-11(13(29)27(14)12(8)15(30)31)22-10(28)7-35-17(18,19)20/h9,11,14,21H,2-7H2,1H3,(H,22,28)(H,30,31)(H,23,24,25,26)/t9?,11?,14-/m0/s1. The third-order valence-corrected chi connectivity index (χ3v) is 9.73. The molecule has 0 aromatic carbocycles. The normalized spacial score (nSPS) is 20.9. The number of fused-ring (bicyclic) bond motifs is 1. The van der Waals surface area contributed by atoms with E-state index in [-0.39, 0.29) is 40.9 Å². The summed E-state index contributed by atoms with van der Waals surface area (Å²) in [5.74, 6) is -4.47. The Hall–Kier alpha value is -2.03. The summed E-state index contributed by atoms with van der Waals surface area (Å²) in [5, 5.41) is 24.0. The smallest absolute Gasteiger partial charge is 0.442 e. The van der Waals surface area contributed by atoms with Crippen LogP contribution >= 0.6 is 35.3 Å². The fraction of sp³-hybridized carbons (Fsp3) is 0.647. The zero-order valence-electron chi connectivity index (χ0n) is 19.0. The van der Waals surface area contributed by atoms with Crippen LogP contribution in [0.15, 0.2) is 16.4 Å². The van der Waals surface area contributed by atoms with Gasteiger partial charge in [0.05, 0.1) is 11.5 Å². The van der Waals surface area contributed by atoms with Gasteiger partial charge in [-0.3, -0.25) is 14.5 Å². The number of carbonyl (C=O) groups excluding carboxylic acids is 2. The number of aliphatic carboxylic acids is 1. The van der Waals surface area contributed by atoms with Crippen molar-refractivity contribution in [3.05, 3.63) is 11.3 Å². The number of halogens is 3. The number of sulfonamides is 1. The van der Waals surface area contributed by atoms with Gasteiger partial charge in [0.2, 0.25) is 21.1 Å². The Bertz CT molecular complexity index is 1150. The highest BCUT2D eigenvalue weighted by Crippen LogP contribution is 2.44. The molecule has 1 fully saturated rings. The number of carboxylic acids is 1. The molecule has 37 heavy (non-hydrogen) atoms. The molecule has 0 bridgehead atoms. The molecule has 3 rings (SSSR count). The number of H-pyrrole nitrogens is 1. The molecule has 3 atom stereocenters. The number of aromatic amines is 1. The average Bonchev–Trinajstić information content (AvgIpc) is 3.34. The van der Waals surface area contributed by atoms with Crippen molar-refractivity contribution in [1.29, 1.82) is 0 Å². The second-order valence-electron chi connectivity index (χ2n) is 7.68. The summed E-state index contributed by atoms with van der Waals surface area (Å²) < 4.78 is 64.2. The van der Waals surface area contributed by atoms with Gasteiger partial charge in [-0.1, -0.05) is 18.7 Å². The lowest BCUT2D eigenvalue weighted by Crippen LogP contribution is -2.71. The van der Waals surface area contributed by atoms with E-state index in [1.54, 1.807) is 6.92 Å². The van der Waals surface area contributed by atoms with Crippen molar-refractivity contribution in [3.63, 3.8) is 0 Å². The van der Waals surface area contributed by atoms with E-state index in [4.69, 9.17) is 0 Å². The van der Waals surface area contributed by atoms with E-state index in [0.717, 1.165) is 28.4 Å². The van der Waals surface area contributed by atoms with Crippen LogP contribution in [0.2, 0.25) is 0 Å². The van der Waals surface area contributed by atoms with E-state index >= 15 is 0 Å². The number of thioether (sulfide) groups is 3. The van der Waals surface area contributed by atoms with Crippen LogP contribution in [0.25, 0.3) is 0 Å². The number of rotatable bonds is 13. The predicted octanol–water partition coefficient (Wildman–Crippen LogP) is 0.372. The second-order valence-corrected chi connectivity index (χ2v) is 12.9. The number of alkyl halides is 3. The van der Waals surface area contributed by atoms with Crippen molar-refractivity contribution >= 4 is 63.1 Å². The van der Waals surface area contributed by atoms with Gasteiger partial charge >= 0.3 is 11.5 Å². The summed E-state index contributed by atoms with van der Waals surface area (Å²) in [5.41, 5.74) is -4.73. The van der Waals surface area contributed by atoms with Gasteiger partial charge in [-0.05, 0) is 40.6 Å². The van der Waals surface area contributed by atoms with Crippen molar-refractivity contribution in [2.75, 3.05) is 23.8 Å². The zero-order valence-corrected chi connectivity index (χ0v) is 22.3. The molecule has 1 aromatic rings. The van der Waals surface area contributed by atoms with Crippen LogP contribution in [0.1, 0.15) is 19.8 Å². The van der Waals surface area contributed by atoms with Gasteiger partial charge in [0, 0.05) is 17.5 Å². The zero-order chi connectivity index (χ0) is 27.4. The van der Waals surface area contributed by atoms with Crippen molar-refractivity contribution in [2.45, 2.75) is 47.1 Å². The number of hydrogen-bond donors (Lipinski definition) is 4. The third-order valence-electron chi connectivity index (χ3n) is 5.07. The van der Waals surface area contributed by atoms with E-state index in [1.807, 2.05) is 0 Å². The van der Waals surface area contributed by atoms with E-state index in [2.05, 4.69) is 30.7 Å². The first-order valence-electron chi connectivity index (χ1n) is 10.6. The third kappa shape index (κ3) is 7.74. The number of carbonyl (C=O) groups is 3. The largest absolute Gasteiger partial charge is 0.477 e. The van der Waals surface area contributed by atoms with Crippen molar-refractivity contribution in [2.24, 2.45) is 0 Å². The Kier molecular flexibility index (Phi) is 9.75. The molecule has 206 valence electrons. The first-order chi connectivity index (χ1) is 17.3. The molecule has 2 aliphatic rings. The molecule has 1 aromatic heterocycles. The fourth-order valence-corrected chi connectivity index (χ4v) is 7.76. The molecule has 2 aliphatic heterocycles. The highest BCUT2D eigenvalue weighted by atomic mass is 32.2. The summed E-state index contributed by atoms with van der Waals surface area (Å²) >= 11 is 1.56. The van der Waals surface area contributed by atoms with Gasteiger partial charge < -0.3 is 10.4 Å². The molecular weight excluding hydrogens is 583 g/mol. The van der Waals surface area contributed by atoms with Crippen LogP contribution in [0.5, 0.6) is 0 Å². The van der Waals surface area contributed by atoms with Crippen LogP contribution in [-0.4, -0.2) is 103 Å². The van der Waals surface area contributed by atoms with Crippen LogP contribution in [0.4, 0.5) is 13.2 Å². The van der Waals surface area contributed by atoms with E-state index < -0.39 is 67.5 Å². The maximum atomic E-state index is 12.8. The maximum absolute atomic E-state index is 12.8. The van der Waals surface area contributed by atoms with Gasteiger partial charge in [-0.15, -0.1) is 16.9 Å². The van der Waals surface area contributed by atoms with E-state index in [9.17, 15) is 41.1 Å². The summed E-state index contributed by atoms with van der Waals surface area (Å²) in [4.78, 5) is 37.9. The molecule has 3 heterocycles. The number of amides is 2. The first kappa shape index (κ1) is 29.5. The Morgan fingerprint density at radius 1 is 1.38 bits per heavy atom. The number of hydrogen-bond acceptors (Lipinski definition) is 11. The highest BCUT2D eigenvalue weighted by Gasteiger charge is 2.55. The minimum atomic E-state index is -4.62. The molecule has 0 spiro atoms. The molecule has 2 amide bonds. The molecule has 0 saturated carbocycles. The van der Waals surface area contributed by atoms with Crippen LogP contribution in [0, 0.1) is 0 Å². The number of tetrazole rings is 1. The van der Waals surface area contributed by atoms with Crippen LogP contribution < -0.4 is 10.0 Å². The average molecular weight is 606 g/mol. The van der Waals surface area contributed by atoms with Crippen molar-refractivity contribution < 1.29 is 41.1 Å². The van der Waals surface area contributed by atoms with Crippen molar-refractivity contribution in [1.82, 2.24) is 35.6 Å². The lowest BCUT2D eigenvalue weighted by Gasteiger charge is -2.50. The molecule has 2 unspecified atom stereocenters. The van der Waals surface area contributed by atoms with Gasteiger partial charge in [0.1, 0.15) is 17.1 Å². The van der Waals surface area contributed by atoms with Crippen molar-refractivity contribution in [3.8, 4) is 0 Å². The van der Waals surface area contributed by atoms with Gasteiger partial charge in [0.25, 0.3) is 5.91 Å². The lowest BCUT2D eigenvalue weighted by molar-refractivity contribution is -0.150. The summed E-state index contributed by atoms with van der Waals surface area (Å²) in [7, 11) is -3.67. The number of β-lactam (4-membered cyclic amide) rings is 1. The topological polar surface area (TPSA) is 187 Å². The number of aromatic nitrogens is 4. The first-order valence-corrected chi connectivity index (χ1v) is 15.2. The number of nitrogens with zero attached hydrogens (tertiary/aromatic N) is 4. The Labute approximate surface area is 221 Å². The Morgan fingerprint density at radius 3 is 2.70 bits per heavy atom. The van der Waals surface area contributed by atoms with E-state index in [0.29, 0.717) is 6.42 Å². The quantitative estimate of drug-likeness (QED) is 0.179. The number of carboxylic acid groups (broad SMARTS) is 1. The molecule has 1 saturated heterocycles. The molecule has 0 aliphatic carbocycles. The number of nitrogens with one attached hydrogen (secondary N) is 3. The Morgan fingerprint density at radius 2 is 2.11 bits per heavy atom. The molecule has 0 radical (unpaired) electrons. The summed E-state index contributed by atoms with van der Waals surface area (Å²) in [6.07, 6.45) is 0.551. The predicted molar refractivity (Wildman–Crippen MR) is 129 cm³/mol. The van der Waals surface area contributed by atoms with Crippen LogP contribution in [-0.2, 0) is 24.4 Å². The maximum Gasteiger partial charge on any atom is 0.442 e. The molecule has 13 nitrogen and oxygen atoms in total. The SMILES string of the molecule is CCCNS(=O)(=O)CCC(Sc1nnn[nH]1)C1=C(C(=O)O)N2C(=O)C(NC(=O)CSC(F)(F)F)[C@@H]2SC1. The van der Waals surface area contributed by atoms with Gasteiger partial charge in [-0.2, -0.15) is 13.2 Å². The minimum absolute atomic E-state index is 0.0292. The van der Waals surface area contributed by atoms with Gasteiger partial charge in [0.15, 0.2) is 0 Å². The van der Waals surface area contributed by atoms with E-state index in [1.165, 1.54) is 0 Å². The summed E-state index contributed by atoms with van der Waals surface area (Å²) in [6.45, 7) is 2.04. The summed E-state index contributed by atoms with van der Waals surface area (Å²) in [6, 6.07) is -1.19. The molecule has 4 N–H and O–H groups in total. The monoisotopic (exact) mass is 605 g/mol. The minimum Gasteiger partial charge on any atom is -0.477 e. The fourth-order valence-electron chi connectivity index (χ4n) is 3.48. The lowest BCUT2D eigenvalue weighted by atomic mass is 10.0.